The lowest BCUT2D eigenvalue weighted by atomic mass is 10.1. The predicted octanol–water partition coefficient (Wildman–Crippen LogP) is 3.51. The molecule has 2 rings (SSSR count). The highest BCUT2D eigenvalue weighted by molar-refractivity contribution is 9.10. The fourth-order valence-corrected chi connectivity index (χ4v) is 2.21. The molecule has 0 atom stereocenters. The number of nitro groups is 1. The quantitative estimate of drug-likeness (QED) is 0.636. The molecule has 0 aliphatic carbocycles. The van der Waals surface area contributed by atoms with E-state index in [0.29, 0.717) is 17.6 Å². The molecule has 1 heterocycles. The fraction of sp³-hybridized carbons (Fsp3) is 0.214. The third kappa shape index (κ3) is 4.24. The second kappa shape index (κ2) is 7.14. The van der Waals surface area contributed by atoms with E-state index in [2.05, 4.69) is 26.2 Å². The molecule has 0 aliphatic rings. The second-order valence-corrected chi connectivity index (χ2v) is 5.30. The van der Waals surface area contributed by atoms with Gasteiger partial charge in [0.2, 0.25) is 5.82 Å². The largest absolute Gasteiger partial charge is 0.380 e. The first-order chi connectivity index (χ1) is 10.1. The van der Waals surface area contributed by atoms with Crippen molar-refractivity contribution in [3.63, 3.8) is 0 Å². The van der Waals surface area contributed by atoms with Gasteiger partial charge in [-0.1, -0.05) is 24.3 Å². The van der Waals surface area contributed by atoms with Crippen LogP contribution >= 0.6 is 15.9 Å². The van der Waals surface area contributed by atoms with Gasteiger partial charge >= 0.3 is 5.69 Å². The summed E-state index contributed by atoms with van der Waals surface area (Å²) in [6.45, 7) is 0.984. The van der Waals surface area contributed by atoms with Crippen LogP contribution in [0, 0.1) is 10.1 Å². The van der Waals surface area contributed by atoms with Gasteiger partial charge in [0, 0.05) is 30.4 Å². The van der Waals surface area contributed by atoms with Crippen molar-refractivity contribution in [1.29, 1.82) is 0 Å². The van der Waals surface area contributed by atoms with Gasteiger partial charge in [-0.05, 0) is 27.1 Å². The van der Waals surface area contributed by atoms with Gasteiger partial charge in [0.25, 0.3) is 0 Å². The van der Waals surface area contributed by atoms with E-state index in [-0.39, 0.29) is 11.5 Å². The minimum atomic E-state index is -0.457. The van der Waals surface area contributed by atoms with Gasteiger partial charge in [0.1, 0.15) is 0 Å². The number of hydrogen-bond acceptors (Lipinski definition) is 5. The maximum Gasteiger partial charge on any atom is 0.312 e. The van der Waals surface area contributed by atoms with E-state index in [0.717, 1.165) is 11.1 Å². The van der Waals surface area contributed by atoms with Crippen molar-refractivity contribution in [1.82, 2.24) is 4.98 Å². The maximum atomic E-state index is 11.0. The summed E-state index contributed by atoms with van der Waals surface area (Å²) in [6, 6.07) is 9.25. The van der Waals surface area contributed by atoms with E-state index in [4.69, 9.17) is 4.74 Å². The average molecular weight is 352 g/mol. The number of methoxy groups -OCH3 is 1. The van der Waals surface area contributed by atoms with Crippen molar-refractivity contribution in [3.05, 3.63) is 62.2 Å². The van der Waals surface area contributed by atoms with Crippen LogP contribution in [0.5, 0.6) is 0 Å². The highest BCUT2D eigenvalue weighted by Crippen LogP contribution is 2.25. The van der Waals surface area contributed by atoms with E-state index in [9.17, 15) is 10.1 Å². The van der Waals surface area contributed by atoms with Gasteiger partial charge in [-0.3, -0.25) is 10.1 Å². The molecule has 0 amide bonds. The van der Waals surface area contributed by atoms with Gasteiger partial charge in [-0.15, -0.1) is 0 Å². The molecule has 0 bridgehead atoms. The lowest BCUT2D eigenvalue weighted by Gasteiger charge is -2.08. The molecular weight excluding hydrogens is 338 g/mol. The topological polar surface area (TPSA) is 77.3 Å². The Morgan fingerprint density at radius 1 is 1.38 bits per heavy atom. The van der Waals surface area contributed by atoms with Gasteiger partial charge in [0.15, 0.2) is 0 Å². The lowest BCUT2D eigenvalue weighted by molar-refractivity contribution is -0.384. The third-order valence-corrected chi connectivity index (χ3v) is 3.23. The molecule has 0 saturated heterocycles. The molecule has 7 heteroatoms. The van der Waals surface area contributed by atoms with Crippen LogP contribution < -0.4 is 5.32 Å². The third-order valence-electron chi connectivity index (χ3n) is 2.79. The number of halogens is 1. The van der Waals surface area contributed by atoms with Gasteiger partial charge in [0.05, 0.1) is 11.5 Å². The summed E-state index contributed by atoms with van der Waals surface area (Å²) in [7, 11) is 1.64. The molecule has 21 heavy (non-hydrogen) atoms. The number of benzene rings is 1. The Balaban J connectivity index is 2.13. The summed E-state index contributed by atoms with van der Waals surface area (Å²) in [5, 5.41) is 14.0. The van der Waals surface area contributed by atoms with E-state index in [1.807, 2.05) is 24.3 Å². The number of rotatable bonds is 6. The Morgan fingerprint density at radius 2 is 2.14 bits per heavy atom. The normalized spacial score (nSPS) is 10.4. The number of aromatic nitrogens is 1. The maximum absolute atomic E-state index is 11.0. The van der Waals surface area contributed by atoms with Crippen LogP contribution in [0.25, 0.3) is 0 Å². The standard InChI is InChI=1S/C14H14BrN3O3/c1-21-9-11-4-2-3-10(5-11)7-16-14-13(18(19)20)6-12(15)8-17-14/h2-6,8H,7,9H2,1H3,(H,16,17). The number of pyridine rings is 1. The molecule has 0 aliphatic heterocycles. The van der Waals surface area contributed by atoms with Crippen LogP contribution in [0.1, 0.15) is 11.1 Å². The fourth-order valence-electron chi connectivity index (χ4n) is 1.89. The summed E-state index contributed by atoms with van der Waals surface area (Å²) < 4.78 is 5.65. The SMILES string of the molecule is COCc1cccc(CNc2ncc(Br)cc2[N+](=O)[O-])c1. The molecule has 2 aromatic rings. The molecule has 6 nitrogen and oxygen atoms in total. The van der Waals surface area contributed by atoms with Crippen LogP contribution in [-0.2, 0) is 17.9 Å². The summed E-state index contributed by atoms with van der Waals surface area (Å²) in [6.07, 6.45) is 1.52. The van der Waals surface area contributed by atoms with Crippen molar-refractivity contribution in [2.75, 3.05) is 12.4 Å². The molecule has 0 saturated carbocycles. The molecule has 0 fully saturated rings. The smallest absolute Gasteiger partial charge is 0.312 e. The Kier molecular flexibility index (Phi) is 5.24. The number of anilines is 1. The van der Waals surface area contributed by atoms with E-state index >= 15 is 0 Å². The Morgan fingerprint density at radius 3 is 2.86 bits per heavy atom. The van der Waals surface area contributed by atoms with Crippen molar-refractivity contribution < 1.29 is 9.66 Å². The Hall–Kier alpha value is -1.99. The van der Waals surface area contributed by atoms with E-state index < -0.39 is 4.92 Å². The number of ether oxygens (including phenoxy) is 1. The molecule has 0 radical (unpaired) electrons. The lowest BCUT2D eigenvalue weighted by Crippen LogP contribution is -2.05. The first-order valence-corrected chi connectivity index (χ1v) is 7.00. The highest BCUT2D eigenvalue weighted by atomic mass is 79.9. The van der Waals surface area contributed by atoms with E-state index in [1.165, 1.54) is 12.3 Å². The second-order valence-electron chi connectivity index (χ2n) is 4.38. The predicted molar refractivity (Wildman–Crippen MR) is 83.1 cm³/mol. The van der Waals surface area contributed by atoms with Crippen molar-refractivity contribution >= 4 is 27.4 Å². The molecule has 1 aromatic carbocycles. The zero-order valence-electron chi connectivity index (χ0n) is 11.4. The first-order valence-electron chi connectivity index (χ1n) is 6.20. The van der Waals surface area contributed by atoms with Crippen LogP contribution in [0.2, 0.25) is 0 Å². The minimum Gasteiger partial charge on any atom is -0.380 e. The minimum absolute atomic E-state index is 0.0579. The number of nitrogens with zero attached hydrogens (tertiary/aromatic N) is 2. The highest BCUT2D eigenvalue weighted by Gasteiger charge is 2.15. The van der Waals surface area contributed by atoms with Crippen molar-refractivity contribution in [2.45, 2.75) is 13.2 Å². The van der Waals surface area contributed by atoms with E-state index in [1.54, 1.807) is 7.11 Å². The zero-order chi connectivity index (χ0) is 15.2. The molecule has 110 valence electrons. The number of nitrogens with one attached hydrogen (secondary N) is 1. The summed E-state index contributed by atoms with van der Waals surface area (Å²) in [5.74, 6) is 0.250. The van der Waals surface area contributed by atoms with Crippen LogP contribution in [0.4, 0.5) is 11.5 Å². The van der Waals surface area contributed by atoms with Crippen molar-refractivity contribution in [3.8, 4) is 0 Å². The first kappa shape index (κ1) is 15.4. The number of hydrogen-bond donors (Lipinski definition) is 1. The average Bonchev–Trinajstić information content (AvgIpc) is 2.46. The van der Waals surface area contributed by atoms with Gasteiger partial charge in [-0.2, -0.15) is 0 Å². The Bertz CT molecular complexity index is 649. The summed E-state index contributed by atoms with van der Waals surface area (Å²) in [5.41, 5.74) is 2.00. The Labute approximate surface area is 130 Å². The van der Waals surface area contributed by atoms with Crippen LogP contribution in [0.3, 0.4) is 0 Å². The summed E-state index contributed by atoms with van der Waals surface area (Å²) in [4.78, 5) is 14.6. The molecular formula is C14H14BrN3O3. The van der Waals surface area contributed by atoms with Crippen molar-refractivity contribution in [2.24, 2.45) is 0 Å². The van der Waals surface area contributed by atoms with Gasteiger partial charge < -0.3 is 10.1 Å². The molecule has 0 spiro atoms. The molecule has 0 unspecified atom stereocenters. The monoisotopic (exact) mass is 351 g/mol. The van der Waals surface area contributed by atoms with Crippen LogP contribution in [0.15, 0.2) is 41.0 Å². The summed E-state index contributed by atoms with van der Waals surface area (Å²) >= 11 is 3.18. The van der Waals surface area contributed by atoms with Gasteiger partial charge in [-0.25, -0.2) is 4.98 Å². The molecule has 1 aromatic heterocycles. The molecule has 1 N–H and O–H groups in total. The zero-order valence-corrected chi connectivity index (χ0v) is 13.0. The van der Waals surface area contributed by atoms with Crippen LogP contribution in [-0.4, -0.2) is 17.0 Å².